The minimum atomic E-state index is -1.50. The predicted molar refractivity (Wildman–Crippen MR) is 119 cm³/mol. The number of hydrogen-bond donors (Lipinski definition) is 5. The molecule has 10 nitrogen and oxygen atoms in total. The largest absolute Gasteiger partial charge is 0.507 e. The zero-order valence-corrected chi connectivity index (χ0v) is 18.9. The molecule has 1 heterocycles. The van der Waals surface area contributed by atoms with Crippen LogP contribution >= 0.6 is 0 Å². The van der Waals surface area contributed by atoms with Gasteiger partial charge in [0.25, 0.3) is 0 Å². The van der Waals surface area contributed by atoms with E-state index in [0.29, 0.717) is 0 Å². The Morgan fingerprint density at radius 2 is 1.66 bits per heavy atom. The lowest BCUT2D eigenvalue weighted by Gasteiger charge is -2.41. The second-order valence-electron chi connectivity index (χ2n) is 9.39. The van der Waals surface area contributed by atoms with E-state index >= 15 is 0 Å². The van der Waals surface area contributed by atoms with E-state index in [2.05, 4.69) is 0 Å². The molecule has 2 aliphatic carbocycles. The summed E-state index contributed by atoms with van der Waals surface area (Å²) in [5, 5.41) is 42.3. The van der Waals surface area contributed by atoms with Gasteiger partial charge in [-0.15, -0.1) is 0 Å². The number of phenolic OH excluding ortho intramolecular Hbond substituents is 2. The van der Waals surface area contributed by atoms with Crippen LogP contribution in [0.5, 0.6) is 11.5 Å². The maximum atomic E-state index is 13.3. The number of fused-ring (bicyclic) bond motifs is 3. The Kier molecular flexibility index (Phi) is 5.53. The Hall–Kier alpha value is -3.15. The average Bonchev–Trinajstić information content (AvgIpc) is 2.82. The van der Waals surface area contributed by atoms with Gasteiger partial charge < -0.3 is 35.6 Å². The van der Waals surface area contributed by atoms with E-state index in [0.717, 1.165) is 0 Å². The van der Waals surface area contributed by atoms with Crippen molar-refractivity contribution in [1.82, 2.24) is 0 Å². The van der Waals surface area contributed by atoms with Gasteiger partial charge >= 0.3 is 0 Å². The van der Waals surface area contributed by atoms with Crippen molar-refractivity contribution in [2.75, 3.05) is 6.61 Å². The van der Waals surface area contributed by atoms with E-state index in [1.54, 1.807) is 12.1 Å². The molecule has 0 radical (unpaired) electrons. The summed E-state index contributed by atoms with van der Waals surface area (Å²) >= 11 is 0. The fourth-order valence-electron chi connectivity index (χ4n) is 5.13. The van der Waals surface area contributed by atoms with Gasteiger partial charge in [-0.25, -0.2) is 0 Å². The van der Waals surface area contributed by atoms with Gasteiger partial charge in [-0.1, -0.05) is 24.3 Å². The average molecular weight is 483 g/mol. The summed E-state index contributed by atoms with van der Waals surface area (Å²) in [6, 6.07) is 6.10. The van der Waals surface area contributed by atoms with Gasteiger partial charge in [-0.3, -0.25) is 14.4 Å². The number of ether oxygens (including phenoxy) is 2. The van der Waals surface area contributed by atoms with Crippen LogP contribution in [-0.2, 0) is 20.7 Å². The monoisotopic (exact) mass is 483 g/mol. The van der Waals surface area contributed by atoms with E-state index in [-0.39, 0.29) is 59.3 Å². The summed E-state index contributed by atoms with van der Waals surface area (Å²) in [7, 11) is 0. The fourth-order valence-corrected chi connectivity index (χ4v) is 5.13. The van der Waals surface area contributed by atoms with Crippen molar-refractivity contribution >= 4 is 17.3 Å². The highest BCUT2D eigenvalue weighted by Crippen LogP contribution is 2.51. The number of aromatic hydroxyl groups is 2. The second-order valence-corrected chi connectivity index (χ2v) is 9.39. The van der Waals surface area contributed by atoms with Gasteiger partial charge in [0.1, 0.15) is 23.4 Å². The first-order valence-electron chi connectivity index (χ1n) is 11.3. The molecular formula is C25H25NO9. The number of nitrogens with two attached hydrogens (primary N) is 1. The third-order valence-corrected chi connectivity index (χ3v) is 7.17. The number of phenols is 2. The number of aliphatic hydroxyl groups excluding tert-OH is 2. The van der Waals surface area contributed by atoms with Crippen molar-refractivity contribution < 1.29 is 44.3 Å². The van der Waals surface area contributed by atoms with Crippen molar-refractivity contribution in [1.29, 1.82) is 0 Å². The van der Waals surface area contributed by atoms with Crippen LogP contribution in [0.25, 0.3) is 0 Å². The molecule has 10 heteroatoms. The molecule has 0 saturated carbocycles. The molecule has 5 atom stereocenters. The van der Waals surface area contributed by atoms with Gasteiger partial charge in [-0.2, -0.15) is 0 Å². The molecule has 1 unspecified atom stereocenters. The molecule has 2 aromatic rings. The number of carbonyl (C=O) groups is 3. The van der Waals surface area contributed by atoms with Crippen molar-refractivity contribution in [3.8, 4) is 11.5 Å². The van der Waals surface area contributed by atoms with E-state index in [1.807, 2.05) is 0 Å². The molecule has 0 bridgehead atoms. The van der Waals surface area contributed by atoms with Crippen LogP contribution < -0.4 is 5.73 Å². The van der Waals surface area contributed by atoms with Crippen LogP contribution in [0.4, 0.5) is 0 Å². The van der Waals surface area contributed by atoms with Crippen LogP contribution in [0.3, 0.4) is 0 Å². The van der Waals surface area contributed by atoms with Gasteiger partial charge in [0.2, 0.25) is 0 Å². The van der Waals surface area contributed by atoms with Crippen LogP contribution in [0.1, 0.15) is 68.8 Å². The molecule has 0 aromatic heterocycles. The maximum Gasteiger partial charge on any atom is 0.198 e. The molecule has 1 aliphatic heterocycles. The molecule has 2 aromatic carbocycles. The summed E-state index contributed by atoms with van der Waals surface area (Å²) in [6.45, 7) is 1.09. The molecule has 0 amide bonds. The van der Waals surface area contributed by atoms with Crippen LogP contribution in [0.2, 0.25) is 0 Å². The fraction of sp³-hybridized carbons (Fsp3) is 0.400. The molecule has 6 N–H and O–H groups in total. The number of rotatable bonds is 3. The summed E-state index contributed by atoms with van der Waals surface area (Å²) in [5.74, 6) is -2.74. The minimum Gasteiger partial charge on any atom is -0.507 e. The highest BCUT2D eigenvalue weighted by Gasteiger charge is 2.48. The Balaban J connectivity index is 1.67. The number of ketones is 3. The Bertz CT molecular complexity index is 1270. The molecular weight excluding hydrogens is 458 g/mol. The van der Waals surface area contributed by atoms with E-state index in [4.69, 9.17) is 15.2 Å². The van der Waals surface area contributed by atoms with E-state index < -0.39 is 59.0 Å². The molecule has 184 valence electrons. The number of benzene rings is 2. The van der Waals surface area contributed by atoms with Crippen LogP contribution in [-0.4, -0.2) is 68.4 Å². The lowest BCUT2D eigenvalue weighted by atomic mass is 9.71. The molecule has 1 saturated heterocycles. The third-order valence-electron chi connectivity index (χ3n) is 7.17. The highest BCUT2D eigenvalue weighted by molar-refractivity contribution is 6.30. The topological polar surface area (TPSA) is 177 Å². The predicted octanol–water partition coefficient (Wildman–Crippen LogP) is 0.632. The Morgan fingerprint density at radius 3 is 2.23 bits per heavy atom. The lowest BCUT2D eigenvalue weighted by molar-refractivity contribution is -0.238. The van der Waals surface area contributed by atoms with Crippen LogP contribution in [0.15, 0.2) is 24.3 Å². The quantitative estimate of drug-likeness (QED) is 0.332. The third kappa shape index (κ3) is 3.57. The molecule has 35 heavy (non-hydrogen) atoms. The summed E-state index contributed by atoms with van der Waals surface area (Å²) in [6.07, 6.45) is -4.74. The van der Waals surface area contributed by atoms with E-state index in [1.165, 1.54) is 19.1 Å². The van der Waals surface area contributed by atoms with Gasteiger partial charge in [0.15, 0.2) is 17.9 Å². The molecule has 1 fully saturated rings. The first-order valence-corrected chi connectivity index (χ1v) is 11.3. The lowest BCUT2D eigenvalue weighted by Crippen LogP contribution is -2.53. The summed E-state index contributed by atoms with van der Waals surface area (Å²) in [4.78, 5) is 39.0. The van der Waals surface area contributed by atoms with Crippen molar-refractivity contribution in [3.63, 3.8) is 0 Å². The summed E-state index contributed by atoms with van der Waals surface area (Å²) < 4.78 is 11.4. The number of hydrogen-bond acceptors (Lipinski definition) is 10. The van der Waals surface area contributed by atoms with Gasteiger partial charge in [-0.05, 0) is 6.92 Å². The van der Waals surface area contributed by atoms with Crippen molar-refractivity contribution in [3.05, 3.63) is 57.6 Å². The molecule has 3 aliphatic rings. The Labute approximate surface area is 199 Å². The smallest absolute Gasteiger partial charge is 0.198 e. The second kappa shape index (κ2) is 8.21. The first-order chi connectivity index (χ1) is 16.5. The number of Topliss-reactive ketones (excluding diaryl/α,β-unsaturated/α-hetero) is 1. The summed E-state index contributed by atoms with van der Waals surface area (Å²) in [5.41, 5.74) is 4.47. The van der Waals surface area contributed by atoms with Gasteiger partial charge in [0, 0.05) is 41.5 Å². The number of aliphatic hydroxyl groups is 2. The van der Waals surface area contributed by atoms with E-state index in [9.17, 15) is 34.8 Å². The maximum absolute atomic E-state index is 13.3. The van der Waals surface area contributed by atoms with Crippen molar-refractivity contribution in [2.45, 2.75) is 56.3 Å². The Morgan fingerprint density at radius 1 is 1.06 bits per heavy atom. The minimum absolute atomic E-state index is 0.0344. The van der Waals surface area contributed by atoms with Crippen LogP contribution in [0, 0.1) is 0 Å². The molecule has 5 rings (SSSR count). The van der Waals surface area contributed by atoms with Gasteiger partial charge in [0.05, 0.1) is 35.5 Å². The highest BCUT2D eigenvalue weighted by atomic mass is 16.7. The first kappa shape index (κ1) is 23.6. The number of carbonyl (C=O) groups excluding carboxylic acids is 3. The zero-order valence-electron chi connectivity index (χ0n) is 18.9. The van der Waals surface area contributed by atoms with Crippen molar-refractivity contribution in [2.24, 2.45) is 5.73 Å². The standard InChI is InChI=1S/C25H25NO9/c1-10(27)25(26)7-13-18(16(8-25)35-17-6-14(28)15(29)9-34-17)24(33)20-19(23(13)32)21(30)11-4-2-3-5-12(11)22(20)31/h2-5,14-17,28-29,32-33H,6-9,26H2,1H3/t14?,15-,16+,17+,25+/m1/s1. The molecule has 0 spiro atoms. The zero-order chi connectivity index (χ0) is 25.2. The normalized spacial score (nSPS) is 29.8. The SMILES string of the molecule is CC(=O)[C@]1(N)Cc2c(O)c3c(c(O)c2[C@@H](O[C@H]2CC(O)[C@H](O)CO2)C1)C(=O)c1ccccc1C3=O.